The summed E-state index contributed by atoms with van der Waals surface area (Å²) in [6.07, 6.45) is 4.06. The van der Waals surface area contributed by atoms with E-state index in [0.717, 1.165) is 26.1 Å². The van der Waals surface area contributed by atoms with Gasteiger partial charge in [-0.25, -0.2) is 0 Å². The predicted molar refractivity (Wildman–Crippen MR) is 71.7 cm³/mol. The summed E-state index contributed by atoms with van der Waals surface area (Å²) in [4.78, 5) is 0. The lowest BCUT2D eigenvalue weighted by atomic mass is 9.75. The fourth-order valence-corrected chi connectivity index (χ4v) is 2.96. The topological polar surface area (TPSA) is 34.4 Å². The highest BCUT2D eigenvalue weighted by Crippen LogP contribution is 2.40. The third-order valence-corrected chi connectivity index (χ3v) is 4.04. The van der Waals surface area contributed by atoms with Crippen LogP contribution in [0, 0.1) is 0 Å². The van der Waals surface area contributed by atoms with Crippen LogP contribution >= 0.6 is 0 Å². The summed E-state index contributed by atoms with van der Waals surface area (Å²) in [5.74, 6) is 0. The number of aliphatic hydroxyl groups is 1. The molecule has 1 N–H and O–H groups in total. The Labute approximate surface area is 107 Å². The minimum Gasteiger partial charge on any atom is -0.396 e. The van der Waals surface area contributed by atoms with E-state index >= 15 is 0 Å². The van der Waals surface area contributed by atoms with E-state index in [9.17, 15) is 0 Å². The Hall–Kier alpha value is -1.32. The molecule has 1 saturated heterocycles. The number of ether oxygens (including phenoxy) is 1. The number of hydrogen-bond acceptors (Lipinski definition) is 2. The number of hydrogen-bond donors (Lipinski definition) is 1. The minimum atomic E-state index is 0.115. The van der Waals surface area contributed by atoms with E-state index in [1.165, 1.54) is 16.5 Å². The summed E-state index contributed by atoms with van der Waals surface area (Å²) in [7, 11) is 2.09. The number of para-hydroxylation sites is 1. The Morgan fingerprint density at radius 2 is 2.11 bits per heavy atom. The van der Waals surface area contributed by atoms with Crippen molar-refractivity contribution in [3.63, 3.8) is 0 Å². The molecular weight excluding hydrogens is 226 g/mol. The largest absolute Gasteiger partial charge is 0.396 e. The Balaban J connectivity index is 2.07. The fraction of sp³-hybridized carbons (Fsp3) is 0.467. The van der Waals surface area contributed by atoms with Crippen molar-refractivity contribution in [2.45, 2.75) is 18.3 Å². The van der Waals surface area contributed by atoms with Gasteiger partial charge in [-0.1, -0.05) is 18.2 Å². The highest BCUT2D eigenvalue weighted by atomic mass is 16.5. The second kappa shape index (κ2) is 4.41. The zero-order valence-corrected chi connectivity index (χ0v) is 10.7. The van der Waals surface area contributed by atoms with Crippen LogP contribution in [0.1, 0.15) is 18.4 Å². The lowest BCUT2D eigenvalue weighted by Gasteiger charge is -2.41. The summed E-state index contributed by atoms with van der Waals surface area (Å²) in [5, 5.41) is 10.4. The average molecular weight is 245 g/mol. The second-order valence-corrected chi connectivity index (χ2v) is 5.27. The van der Waals surface area contributed by atoms with E-state index in [1.807, 2.05) is 0 Å². The first-order valence-corrected chi connectivity index (χ1v) is 6.50. The molecule has 0 bridgehead atoms. The van der Waals surface area contributed by atoms with Crippen LogP contribution < -0.4 is 0 Å². The molecule has 18 heavy (non-hydrogen) atoms. The van der Waals surface area contributed by atoms with Gasteiger partial charge in [-0.3, -0.25) is 0 Å². The predicted octanol–water partition coefficient (Wildman–Crippen LogP) is 2.22. The number of aryl methyl sites for hydroxylation is 1. The van der Waals surface area contributed by atoms with Crippen molar-refractivity contribution in [3.8, 4) is 0 Å². The zero-order valence-electron chi connectivity index (χ0n) is 10.7. The molecule has 2 aromatic rings. The van der Waals surface area contributed by atoms with Crippen molar-refractivity contribution in [1.82, 2.24) is 4.57 Å². The van der Waals surface area contributed by atoms with Gasteiger partial charge in [0.05, 0.1) is 13.2 Å². The highest BCUT2D eigenvalue weighted by Gasteiger charge is 2.41. The minimum absolute atomic E-state index is 0.115. The van der Waals surface area contributed by atoms with Gasteiger partial charge in [0.1, 0.15) is 0 Å². The van der Waals surface area contributed by atoms with Gasteiger partial charge in [-0.05, 0) is 24.5 Å². The summed E-state index contributed by atoms with van der Waals surface area (Å²) in [5.41, 5.74) is 2.76. The molecule has 1 fully saturated rings. The maximum atomic E-state index is 9.07. The van der Waals surface area contributed by atoms with Crippen LogP contribution in [0.25, 0.3) is 10.9 Å². The molecule has 1 aromatic carbocycles. The lowest BCUT2D eigenvalue weighted by molar-refractivity contribution is -0.0658. The Bertz CT molecular complexity index is 555. The fourth-order valence-electron chi connectivity index (χ4n) is 2.96. The molecular formula is C15H19NO2. The first kappa shape index (κ1) is 11.8. The Morgan fingerprint density at radius 3 is 2.78 bits per heavy atom. The van der Waals surface area contributed by atoms with Crippen molar-refractivity contribution < 1.29 is 9.84 Å². The van der Waals surface area contributed by atoms with Crippen molar-refractivity contribution in [2.24, 2.45) is 7.05 Å². The van der Waals surface area contributed by atoms with E-state index < -0.39 is 0 Å². The van der Waals surface area contributed by atoms with Gasteiger partial charge in [0.2, 0.25) is 0 Å². The SMILES string of the molecule is Cn1cc(C2(CCCO)COC2)c2ccccc21. The van der Waals surface area contributed by atoms with E-state index in [-0.39, 0.29) is 12.0 Å². The van der Waals surface area contributed by atoms with Crippen molar-refractivity contribution in [2.75, 3.05) is 19.8 Å². The van der Waals surface area contributed by atoms with Crippen LogP contribution in [-0.2, 0) is 17.2 Å². The molecule has 0 saturated carbocycles. The van der Waals surface area contributed by atoms with E-state index in [2.05, 4.69) is 42.1 Å². The van der Waals surface area contributed by atoms with E-state index in [0.29, 0.717) is 0 Å². The summed E-state index contributed by atoms with van der Waals surface area (Å²) in [6.45, 7) is 1.81. The van der Waals surface area contributed by atoms with Gasteiger partial charge in [0, 0.05) is 36.2 Å². The summed E-state index contributed by atoms with van der Waals surface area (Å²) >= 11 is 0. The number of fused-ring (bicyclic) bond motifs is 1. The third kappa shape index (κ3) is 1.66. The summed E-state index contributed by atoms with van der Waals surface area (Å²) in [6, 6.07) is 8.50. The van der Waals surface area contributed by atoms with Crippen LogP contribution in [0.15, 0.2) is 30.5 Å². The molecule has 3 heteroatoms. The van der Waals surface area contributed by atoms with Crippen LogP contribution in [0.4, 0.5) is 0 Å². The lowest BCUT2D eigenvalue weighted by Crippen LogP contribution is -2.46. The number of rotatable bonds is 4. The molecule has 0 aliphatic carbocycles. The average Bonchev–Trinajstić information content (AvgIpc) is 2.67. The van der Waals surface area contributed by atoms with Crippen LogP contribution in [0.3, 0.4) is 0 Å². The molecule has 2 heterocycles. The molecule has 96 valence electrons. The zero-order chi connectivity index (χ0) is 12.6. The second-order valence-electron chi connectivity index (χ2n) is 5.27. The highest BCUT2D eigenvalue weighted by molar-refractivity contribution is 5.85. The molecule has 0 spiro atoms. The van der Waals surface area contributed by atoms with Gasteiger partial charge >= 0.3 is 0 Å². The molecule has 0 amide bonds. The normalized spacial score (nSPS) is 17.9. The quantitative estimate of drug-likeness (QED) is 0.896. The third-order valence-electron chi connectivity index (χ3n) is 4.04. The van der Waals surface area contributed by atoms with Crippen LogP contribution in [0.2, 0.25) is 0 Å². The molecule has 3 rings (SSSR count). The Morgan fingerprint density at radius 1 is 1.33 bits per heavy atom. The first-order valence-electron chi connectivity index (χ1n) is 6.50. The molecule has 0 unspecified atom stereocenters. The van der Waals surface area contributed by atoms with Crippen molar-refractivity contribution in [3.05, 3.63) is 36.0 Å². The van der Waals surface area contributed by atoms with E-state index in [1.54, 1.807) is 0 Å². The Kier molecular flexibility index (Phi) is 2.88. The number of benzene rings is 1. The first-order chi connectivity index (χ1) is 8.77. The van der Waals surface area contributed by atoms with Crippen LogP contribution in [-0.4, -0.2) is 29.5 Å². The maximum Gasteiger partial charge on any atom is 0.0586 e. The van der Waals surface area contributed by atoms with Crippen molar-refractivity contribution in [1.29, 1.82) is 0 Å². The molecule has 0 radical (unpaired) electrons. The van der Waals surface area contributed by atoms with Gasteiger partial charge in [0.15, 0.2) is 0 Å². The molecule has 0 atom stereocenters. The van der Waals surface area contributed by atoms with Crippen LogP contribution in [0.5, 0.6) is 0 Å². The van der Waals surface area contributed by atoms with Gasteiger partial charge in [-0.15, -0.1) is 0 Å². The van der Waals surface area contributed by atoms with Gasteiger partial charge < -0.3 is 14.4 Å². The molecule has 1 aromatic heterocycles. The smallest absolute Gasteiger partial charge is 0.0586 e. The standard InChI is InChI=1S/C15H19NO2/c1-16-9-13(12-5-2-3-6-14(12)16)15(7-4-8-17)10-18-11-15/h2-3,5-6,9,17H,4,7-8,10-11H2,1H3. The monoisotopic (exact) mass is 245 g/mol. The summed E-state index contributed by atoms with van der Waals surface area (Å²) < 4.78 is 7.64. The van der Waals surface area contributed by atoms with E-state index in [4.69, 9.17) is 9.84 Å². The molecule has 1 aliphatic heterocycles. The van der Waals surface area contributed by atoms with Gasteiger partial charge in [-0.2, -0.15) is 0 Å². The molecule has 1 aliphatic rings. The van der Waals surface area contributed by atoms with Gasteiger partial charge in [0.25, 0.3) is 0 Å². The maximum absolute atomic E-state index is 9.07. The number of nitrogens with zero attached hydrogens (tertiary/aromatic N) is 1. The number of aliphatic hydroxyl groups excluding tert-OH is 1. The number of aromatic nitrogens is 1. The van der Waals surface area contributed by atoms with Crippen molar-refractivity contribution >= 4 is 10.9 Å². The molecule has 3 nitrogen and oxygen atoms in total.